The Morgan fingerprint density at radius 2 is 2.30 bits per heavy atom. The molecule has 1 fully saturated rings. The van der Waals surface area contributed by atoms with Crippen LogP contribution in [0.2, 0.25) is 0 Å². The topological polar surface area (TPSA) is 71.6 Å². The molecule has 1 aliphatic heterocycles. The molecule has 23 heavy (non-hydrogen) atoms. The second kappa shape index (κ2) is 8.01. The number of hydrogen-bond acceptors (Lipinski definition) is 7. The second-order valence-corrected chi connectivity index (χ2v) is 7.04. The van der Waals surface area contributed by atoms with E-state index in [1.54, 1.807) is 11.3 Å². The zero-order valence-corrected chi connectivity index (χ0v) is 14.2. The van der Waals surface area contributed by atoms with Crippen LogP contribution < -0.4 is 0 Å². The highest BCUT2D eigenvalue weighted by molar-refractivity contribution is 7.09. The van der Waals surface area contributed by atoms with E-state index in [2.05, 4.69) is 15.0 Å². The predicted octanol–water partition coefficient (Wildman–Crippen LogP) is 2.20. The Morgan fingerprint density at radius 1 is 1.48 bits per heavy atom. The van der Waals surface area contributed by atoms with E-state index in [9.17, 15) is 5.11 Å². The van der Waals surface area contributed by atoms with Crippen LogP contribution >= 0.6 is 11.3 Å². The fourth-order valence-corrected chi connectivity index (χ4v) is 3.52. The summed E-state index contributed by atoms with van der Waals surface area (Å²) in [5.74, 6) is 1.79. The lowest BCUT2D eigenvalue weighted by Gasteiger charge is -2.31. The minimum atomic E-state index is -0.447. The highest BCUT2D eigenvalue weighted by Gasteiger charge is 2.25. The Kier molecular flexibility index (Phi) is 5.77. The minimum absolute atomic E-state index is 0.347. The molecule has 0 aliphatic carbocycles. The van der Waals surface area contributed by atoms with Gasteiger partial charge in [0.25, 0.3) is 0 Å². The fourth-order valence-electron chi connectivity index (χ4n) is 2.88. The average molecular weight is 337 g/mol. The van der Waals surface area contributed by atoms with Crippen LogP contribution in [0, 0.1) is 6.92 Å². The van der Waals surface area contributed by atoms with E-state index < -0.39 is 6.10 Å². The summed E-state index contributed by atoms with van der Waals surface area (Å²) in [5.41, 5.74) is 0. The van der Waals surface area contributed by atoms with Crippen molar-refractivity contribution in [3.05, 3.63) is 34.1 Å². The monoisotopic (exact) mass is 337 g/mol. The molecule has 1 aliphatic rings. The molecule has 0 amide bonds. The van der Waals surface area contributed by atoms with Crippen molar-refractivity contribution in [2.24, 2.45) is 0 Å². The van der Waals surface area contributed by atoms with Crippen LogP contribution in [-0.4, -0.2) is 52.5 Å². The molecule has 2 aromatic rings. The van der Waals surface area contributed by atoms with Gasteiger partial charge in [0.1, 0.15) is 0 Å². The highest BCUT2D eigenvalue weighted by Crippen LogP contribution is 2.26. The van der Waals surface area contributed by atoms with E-state index in [-0.39, 0.29) is 0 Å². The molecule has 1 N–H and O–H groups in total. The number of thiophene rings is 1. The van der Waals surface area contributed by atoms with Crippen LogP contribution in [0.15, 0.2) is 22.0 Å². The minimum Gasteiger partial charge on any atom is -0.389 e. The van der Waals surface area contributed by atoms with Gasteiger partial charge in [0.15, 0.2) is 5.82 Å². The maximum atomic E-state index is 10.1. The Morgan fingerprint density at radius 3 is 2.96 bits per heavy atom. The first-order chi connectivity index (χ1) is 11.2. The quantitative estimate of drug-likeness (QED) is 0.835. The predicted molar refractivity (Wildman–Crippen MR) is 87.4 cm³/mol. The first kappa shape index (κ1) is 16.6. The zero-order valence-electron chi connectivity index (χ0n) is 13.4. The Hall–Kier alpha value is -1.28. The Balaban J connectivity index is 1.35. The Labute approximate surface area is 140 Å². The summed E-state index contributed by atoms with van der Waals surface area (Å²) in [7, 11) is 0. The summed E-state index contributed by atoms with van der Waals surface area (Å²) in [5, 5.41) is 16.0. The number of likely N-dealkylation sites (tertiary alicyclic amines) is 1. The number of aliphatic hydroxyl groups is 1. The number of hydrogen-bond donors (Lipinski definition) is 1. The lowest BCUT2D eigenvalue weighted by Crippen LogP contribution is -2.39. The van der Waals surface area contributed by atoms with Crippen LogP contribution in [-0.2, 0) is 11.3 Å². The number of aliphatic hydroxyl groups excluding tert-OH is 1. The van der Waals surface area contributed by atoms with Crippen molar-refractivity contribution in [2.75, 3.05) is 26.2 Å². The summed E-state index contributed by atoms with van der Waals surface area (Å²) >= 11 is 1.67. The van der Waals surface area contributed by atoms with Crippen LogP contribution in [0.1, 0.15) is 35.4 Å². The molecule has 0 bridgehead atoms. The number of aromatic nitrogens is 2. The summed E-state index contributed by atoms with van der Waals surface area (Å²) in [4.78, 5) is 7.79. The standard InChI is InChI=1S/C16H23N3O3S/c1-12-17-16(22-18-12)13-4-6-19(7-5-13)9-14(20)10-21-11-15-3-2-8-23-15/h2-3,8,13-14,20H,4-7,9-11H2,1H3. The molecule has 1 atom stereocenters. The number of nitrogens with zero attached hydrogens (tertiary/aromatic N) is 3. The number of rotatable bonds is 7. The number of ether oxygens (including phenoxy) is 1. The van der Waals surface area contributed by atoms with Gasteiger partial charge >= 0.3 is 0 Å². The van der Waals surface area contributed by atoms with E-state index in [0.717, 1.165) is 31.8 Å². The molecular formula is C16H23N3O3S. The SMILES string of the molecule is Cc1noc(C2CCN(CC(O)COCc3cccs3)CC2)n1. The van der Waals surface area contributed by atoms with Gasteiger partial charge in [0.05, 0.1) is 19.3 Å². The van der Waals surface area contributed by atoms with Crippen molar-refractivity contribution in [3.63, 3.8) is 0 Å². The lowest BCUT2D eigenvalue weighted by molar-refractivity contribution is 0.00644. The number of aryl methyl sites for hydroxylation is 1. The van der Waals surface area contributed by atoms with Gasteiger partial charge in [-0.05, 0) is 44.3 Å². The third-order valence-corrected chi connectivity index (χ3v) is 4.93. The van der Waals surface area contributed by atoms with Crippen molar-refractivity contribution in [1.29, 1.82) is 0 Å². The molecule has 0 spiro atoms. The maximum absolute atomic E-state index is 10.1. The van der Waals surface area contributed by atoms with Gasteiger partial charge in [-0.1, -0.05) is 11.2 Å². The summed E-state index contributed by atoms with van der Waals surface area (Å²) in [6.07, 6.45) is 1.53. The molecule has 2 aromatic heterocycles. The van der Waals surface area contributed by atoms with Crippen LogP contribution in [0.3, 0.4) is 0 Å². The van der Waals surface area contributed by atoms with E-state index in [4.69, 9.17) is 9.26 Å². The smallest absolute Gasteiger partial charge is 0.229 e. The first-order valence-electron chi connectivity index (χ1n) is 8.01. The van der Waals surface area contributed by atoms with E-state index >= 15 is 0 Å². The summed E-state index contributed by atoms with van der Waals surface area (Å²) in [6.45, 7) is 5.32. The maximum Gasteiger partial charge on any atom is 0.229 e. The van der Waals surface area contributed by atoms with Crippen molar-refractivity contribution >= 4 is 11.3 Å². The molecule has 1 unspecified atom stereocenters. The molecule has 3 rings (SSSR count). The molecule has 126 valence electrons. The van der Waals surface area contributed by atoms with Gasteiger partial charge < -0.3 is 19.3 Å². The van der Waals surface area contributed by atoms with E-state index in [1.165, 1.54) is 4.88 Å². The number of piperidine rings is 1. The van der Waals surface area contributed by atoms with Gasteiger partial charge in [-0.15, -0.1) is 11.3 Å². The molecule has 0 radical (unpaired) electrons. The van der Waals surface area contributed by atoms with Crippen molar-refractivity contribution < 1.29 is 14.4 Å². The molecule has 7 heteroatoms. The van der Waals surface area contributed by atoms with Crippen molar-refractivity contribution in [2.45, 2.75) is 38.4 Å². The average Bonchev–Trinajstić information content (AvgIpc) is 3.20. The highest BCUT2D eigenvalue weighted by atomic mass is 32.1. The van der Waals surface area contributed by atoms with Gasteiger partial charge in [-0.25, -0.2) is 0 Å². The molecule has 0 saturated carbocycles. The number of β-amino-alcohol motifs (C(OH)–C–C–N with tert-alkyl or cyclic N) is 1. The van der Waals surface area contributed by atoms with Gasteiger partial charge in [0.2, 0.25) is 5.89 Å². The third kappa shape index (κ3) is 4.84. The van der Waals surface area contributed by atoms with Crippen LogP contribution in [0.5, 0.6) is 0 Å². The molecule has 1 saturated heterocycles. The molecule has 6 nitrogen and oxygen atoms in total. The van der Waals surface area contributed by atoms with Gasteiger partial charge in [0, 0.05) is 17.3 Å². The summed E-state index contributed by atoms with van der Waals surface area (Å²) < 4.78 is 10.8. The molecular weight excluding hydrogens is 314 g/mol. The molecule has 3 heterocycles. The second-order valence-electron chi connectivity index (χ2n) is 6.00. The van der Waals surface area contributed by atoms with Crippen LogP contribution in [0.4, 0.5) is 0 Å². The Bertz CT molecular complexity index is 579. The third-order valence-electron chi connectivity index (χ3n) is 4.08. The fraction of sp³-hybridized carbons (Fsp3) is 0.625. The van der Waals surface area contributed by atoms with Gasteiger partial charge in [-0.3, -0.25) is 0 Å². The van der Waals surface area contributed by atoms with Crippen molar-refractivity contribution in [1.82, 2.24) is 15.0 Å². The largest absolute Gasteiger partial charge is 0.389 e. The zero-order chi connectivity index (χ0) is 16.1. The van der Waals surface area contributed by atoms with E-state index in [1.807, 2.05) is 24.4 Å². The van der Waals surface area contributed by atoms with Gasteiger partial charge in [-0.2, -0.15) is 4.98 Å². The normalized spacial score (nSPS) is 18.3. The first-order valence-corrected chi connectivity index (χ1v) is 8.89. The summed E-state index contributed by atoms with van der Waals surface area (Å²) in [6, 6.07) is 4.05. The van der Waals surface area contributed by atoms with E-state index in [0.29, 0.717) is 31.5 Å². The van der Waals surface area contributed by atoms with Crippen molar-refractivity contribution in [3.8, 4) is 0 Å². The van der Waals surface area contributed by atoms with Crippen LogP contribution in [0.25, 0.3) is 0 Å². The molecule has 0 aromatic carbocycles. The lowest BCUT2D eigenvalue weighted by atomic mass is 9.96.